The van der Waals surface area contributed by atoms with E-state index in [0.717, 1.165) is 28.7 Å². The summed E-state index contributed by atoms with van der Waals surface area (Å²) in [7, 11) is 1.85. The first kappa shape index (κ1) is 12.6. The molecule has 2 aromatic heterocycles. The molecule has 2 heterocycles. The highest BCUT2D eigenvalue weighted by atomic mass is 32.2. The minimum Gasteiger partial charge on any atom is -0.481 e. The summed E-state index contributed by atoms with van der Waals surface area (Å²) in [4.78, 5) is 18.9. The fourth-order valence-corrected chi connectivity index (χ4v) is 2.09. The summed E-state index contributed by atoms with van der Waals surface area (Å²) in [5.41, 5.74) is 2.56. The Morgan fingerprint density at radius 1 is 1.56 bits per heavy atom. The molecule has 0 aliphatic heterocycles. The number of carboxylic acid groups (broad SMARTS) is 1. The third-order valence-corrected chi connectivity index (χ3v) is 3.09. The summed E-state index contributed by atoms with van der Waals surface area (Å²) in [6, 6.07) is 1.79. The fraction of sp³-hybridized carbons (Fsp3) is 0.273. The lowest BCUT2D eigenvalue weighted by molar-refractivity contribution is -0.133. The largest absolute Gasteiger partial charge is 0.481 e. The maximum atomic E-state index is 10.5. The van der Waals surface area contributed by atoms with Gasteiger partial charge in [0.2, 0.25) is 0 Å². The Morgan fingerprint density at radius 2 is 2.33 bits per heavy atom. The highest BCUT2D eigenvalue weighted by Gasteiger charge is 2.09. The molecule has 0 aliphatic rings. The van der Waals surface area contributed by atoms with Crippen LogP contribution in [0.4, 0.5) is 0 Å². The summed E-state index contributed by atoms with van der Waals surface area (Å²) >= 11 is 1.10. The van der Waals surface area contributed by atoms with E-state index >= 15 is 0 Å². The molecule has 2 aromatic rings. The number of hydrogen-bond donors (Lipinski definition) is 1. The molecular formula is C11H12N4O2S. The maximum absolute atomic E-state index is 10.5. The lowest BCUT2D eigenvalue weighted by Crippen LogP contribution is -1.99. The van der Waals surface area contributed by atoms with Gasteiger partial charge in [0.15, 0.2) is 5.16 Å². The lowest BCUT2D eigenvalue weighted by atomic mass is 10.2. The van der Waals surface area contributed by atoms with E-state index in [9.17, 15) is 4.79 Å². The van der Waals surface area contributed by atoms with Crippen molar-refractivity contribution in [1.29, 1.82) is 0 Å². The molecule has 0 spiro atoms. The fourth-order valence-electron chi connectivity index (χ4n) is 1.54. The van der Waals surface area contributed by atoms with Crippen LogP contribution in [0.25, 0.3) is 11.3 Å². The van der Waals surface area contributed by atoms with E-state index in [4.69, 9.17) is 5.11 Å². The Bertz CT molecular complexity index is 582. The van der Waals surface area contributed by atoms with E-state index in [1.807, 2.05) is 20.2 Å². The maximum Gasteiger partial charge on any atom is 0.313 e. The van der Waals surface area contributed by atoms with Crippen molar-refractivity contribution in [3.05, 3.63) is 24.2 Å². The van der Waals surface area contributed by atoms with Gasteiger partial charge in [-0.2, -0.15) is 5.10 Å². The van der Waals surface area contributed by atoms with Gasteiger partial charge in [-0.1, -0.05) is 11.8 Å². The zero-order chi connectivity index (χ0) is 13.1. The van der Waals surface area contributed by atoms with Gasteiger partial charge in [0.25, 0.3) is 0 Å². The summed E-state index contributed by atoms with van der Waals surface area (Å²) < 4.78 is 1.72. The predicted molar refractivity (Wildman–Crippen MR) is 67.3 cm³/mol. The van der Waals surface area contributed by atoms with E-state index in [0.29, 0.717) is 5.16 Å². The first-order valence-corrected chi connectivity index (χ1v) is 6.23. The van der Waals surface area contributed by atoms with Crippen molar-refractivity contribution in [2.75, 3.05) is 5.75 Å². The van der Waals surface area contributed by atoms with Crippen LogP contribution in [-0.4, -0.2) is 36.6 Å². The molecule has 0 saturated heterocycles. The second kappa shape index (κ2) is 5.18. The van der Waals surface area contributed by atoms with Crippen molar-refractivity contribution >= 4 is 17.7 Å². The molecule has 0 aliphatic carbocycles. The van der Waals surface area contributed by atoms with Crippen LogP contribution in [-0.2, 0) is 11.8 Å². The van der Waals surface area contributed by atoms with Gasteiger partial charge in [0.05, 0.1) is 17.1 Å². The average molecular weight is 264 g/mol. The number of nitrogens with zero attached hydrogens (tertiary/aromatic N) is 4. The number of aryl methyl sites for hydroxylation is 2. The Hall–Kier alpha value is -1.89. The highest BCUT2D eigenvalue weighted by molar-refractivity contribution is 7.99. The van der Waals surface area contributed by atoms with Crippen LogP contribution >= 0.6 is 11.8 Å². The molecule has 0 amide bonds. The van der Waals surface area contributed by atoms with E-state index in [1.165, 1.54) is 0 Å². The number of aliphatic carboxylic acids is 1. The Labute approximate surface area is 108 Å². The second-order valence-electron chi connectivity index (χ2n) is 3.71. The molecule has 0 fully saturated rings. The van der Waals surface area contributed by atoms with Gasteiger partial charge in [-0.25, -0.2) is 9.97 Å². The number of hydrogen-bond acceptors (Lipinski definition) is 5. The average Bonchev–Trinajstić information content (AvgIpc) is 2.66. The Kier molecular flexibility index (Phi) is 3.61. The molecule has 94 valence electrons. The molecule has 7 heteroatoms. The first-order valence-electron chi connectivity index (χ1n) is 5.24. The smallest absolute Gasteiger partial charge is 0.313 e. The SMILES string of the molecule is Cc1nn(C)cc1-c1ccnc(SCC(=O)O)n1. The minimum absolute atomic E-state index is 0.0462. The van der Waals surface area contributed by atoms with E-state index in [1.54, 1.807) is 16.9 Å². The monoisotopic (exact) mass is 264 g/mol. The van der Waals surface area contributed by atoms with Crippen molar-refractivity contribution in [3.8, 4) is 11.3 Å². The number of carbonyl (C=O) groups is 1. The van der Waals surface area contributed by atoms with E-state index in [2.05, 4.69) is 15.1 Å². The summed E-state index contributed by atoms with van der Waals surface area (Å²) in [5.74, 6) is -0.929. The molecule has 0 atom stereocenters. The van der Waals surface area contributed by atoms with E-state index in [-0.39, 0.29) is 5.75 Å². The minimum atomic E-state index is -0.883. The van der Waals surface area contributed by atoms with Gasteiger partial charge < -0.3 is 5.11 Å². The number of rotatable bonds is 4. The lowest BCUT2D eigenvalue weighted by Gasteiger charge is -2.01. The molecule has 18 heavy (non-hydrogen) atoms. The highest BCUT2D eigenvalue weighted by Crippen LogP contribution is 2.22. The van der Waals surface area contributed by atoms with Gasteiger partial charge in [0.1, 0.15) is 0 Å². The normalized spacial score (nSPS) is 10.6. The van der Waals surface area contributed by atoms with Crippen molar-refractivity contribution < 1.29 is 9.90 Å². The molecule has 2 rings (SSSR count). The molecule has 0 unspecified atom stereocenters. The standard InChI is InChI=1S/C11H12N4O2S/c1-7-8(5-15(2)14-7)9-3-4-12-11(13-9)18-6-10(16)17/h3-5H,6H2,1-2H3,(H,16,17). The third-order valence-electron chi connectivity index (χ3n) is 2.25. The zero-order valence-electron chi connectivity index (χ0n) is 9.99. The van der Waals surface area contributed by atoms with Crippen LogP contribution in [0.15, 0.2) is 23.6 Å². The van der Waals surface area contributed by atoms with Crippen molar-refractivity contribution in [2.45, 2.75) is 12.1 Å². The number of thioether (sulfide) groups is 1. The zero-order valence-corrected chi connectivity index (χ0v) is 10.8. The van der Waals surface area contributed by atoms with Crippen molar-refractivity contribution in [3.63, 3.8) is 0 Å². The molecule has 6 nitrogen and oxygen atoms in total. The molecule has 0 bridgehead atoms. The van der Waals surface area contributed by atoms with Crippen molar-refractivity contribution in [1.82, 2.24) is 19.7 Å². The summed E-state index contributed by atoms with van der Waals surface area (Å²) in [6.45, 7) is 1.90. The summed E-state index contributed by atoms with van der Waals surface area (Å²) in [6.07, 6.45) is 3.50. The van der Waals surface area contributed by atoms with Gasteiger partial charge in [-0.15, -0.1) is 0 Å². The third kappa shape index (κ3) is 2.86. The Morgan fingerprint density at radius 3 is 2.94 bits per heavy atom. The van der Waals surface area contributed by atoms with Crippen LogP contribution in [0.1, 0.15) is 5.69 Å². The summed E-state index contributed by atoms with van der Waals surface area (Å²) in [5, 5.41) is 13.3. The van der Waals surface area contributed by atoms with Gasteiger partial charge in [-0.05, 0) is 13.0 Å². The molecule has 0 saturated carbocycles. The first-order chi connectivity index (χ1) is 8.56. The van der Waals surface area contributed by atoms with Gasteiger partial charge >= 0.3 is 5.97 Å². The molecule has 0 radical (unpaired) electrons. The second-order valence-corrected chi connectivity index (χ2v) is 4.65. The predicted octanol–water partition coefficient (Wildman–Crippen LogP) is 1.36. The van der Waals surface area contributed by atoms with Crippen LogP contribution in [0.3, 0.4) is 0 Å². The molecule has 1 N–H and O–H groups in total. The van der Waals surface area contributed by atoms with Crippen LogP contribution in [0.5, 0.6) is 0 Å². The van der Waals surface area contributed by atoms with Crippen molar-refractivity contribution in [2.24, 2.45) is 7.05 Å². The van der Waals surface area contributed by atoms with Gasteiger partial charge in [0, 0.05) is 25.0 Å². The number of carboxylic acids is 1. The topological polar surface area (TPSA) is 80.9 Å². The molecular weight excluding hydrogens is 252 g/mol. The van der Waals surface area contributed by atoms with Gasteiger partial charge in [-0.3, -0.25) is 9.48 Å². The van der Waals surface area contributed by atoms with Crippen LogP contribution in [0, 0.1) is 6.92 Å². The Balaban J connectivity index is 2.27. The van der Waals surface area contributed by atoms with E-state index < -0.39 is 5.97 Å². The quantitative estimate of drug-likeness (QED) is 0.663. The molecule has 0 aromatic carbocycles. The number of aromatic nitrogens is 4. The van der Waals surface area contributed by atoms with Crippen LogP contribution in [0.2, 0.25) is 0 Å². The van der Waals surface area contributed by atoms with Crippen LogP contribution < -0.4 is 0 Å².